The van der Waals surface area contributed by atoms with Crippen LogP contribution in [0.15, 0.2) is 28.8 Å². The van der Waals surface area contributed by atoms with Crippen molar-refractivity contribution in [1.82, 2.24) is 0 Å². The molecule has 78 valence electrons. The van der Waals surface area contributed by atoms with Gasteiger partial charge in [-0.1, -0.05) is 35.3 Å². The van der Waals surface area contributed by atoms with Gasteiger partial charge in [0.25, 0.3) is 0 Å². The van der Waals surface area contributed by atoms with Gasteiger partial charge < -0.3 is 0 Å². The summed E-state index contributed by atoms with van der Waals surface area (Å²) in [6, 6.07) is 5.79. The van der Waals surface area contributed by atoms with Crippen LogP contribution in [-0.2, 0) is 12.8 Å². The number of ketones is 1. The van der Waals surface area contributed by atoms with Gasteiger partial charge in [0.2, 0.25) is 0 Å². The van der Waals surface area contributed by atoms with Gasteiger partial charge in [0.05, 0.1) is 0 Å². The smallest absolute Gasteiger partial charge is 0.188 e. The molecule has 0 saturated carbocycles. The van der Waals surface area contributed by atoms with E-state index in [0.717, 1.165) is 12.8 Å². The molecule has 15 heavy (non-hydrogen) atoms. The van der Waals surface area contributed by atoms with E-state index in [0.29, 0.717) is 5.56 Å². The number of hydrogen-bond donors (Lipinski definition) is 0. The number of fused-ring (bicyclic) bond motifs is 1. The van der Waals surface area contributed by atoms with Gasteiger partial charge in [-0.05, 0) is 36.5 Å². The molecule has 3 heteroatoms. The van der Waals surface area contributed by atoms with Crippen LogP contribution in [0, 0.1) is 0 Å². The van der Waals surface area contributed by atoms with Crippen LogP contribution in [0.4, 0.5) is 0 Å². The van der Waals surface area contributed by atoms with E-state index in [1.807, 2.05) is 18.2 Å². The first-order valence-corrected chi connectivity index (χ1v) is 5.61. The molecule has 0 atom stereocenters. The van der Waals surface area contributed by atoms with Crippen LogP contribution in [0.2, 0.25) is 0 Å². The van der Waals surface area contributed by atoms with Crippen molar-refractivity contribution in [3.05, 3.63) is 45.5 Å². The van der Waals surface area contributed by atoms with Crippen molar-refractivity contribution in [2.24, 2.45) is 0 Å². The second-order valence-corrected chi connectivity index (χ2v) is 4.64. The Kier molecular flexibility index (Phi) is 3.13. The van der Waals surface area contributed by atoms with Crippen LogP contribution in [0.1, 0.15) is 27.9 Å². The summed E-state index contributed by atoms with van der Waals surface area (Å²) in [7, 11) is 0. The minimum Gasteiger partial charge on any atom is -0.289 e. The van der Waals surface area contributed by atoms with E-state index < -0.39 is 0 Å². The van der Waals surface area contributed by atoms with Crippen molar-refractivity contribution < 1.29 is 4.79 Å². The van der Waals surface area contributed by atoms with Crippen LogP contribution in [0.5, 0.6) is 0 Å². The zero-order chi connectivity index (χ0) is 10.8. The molecule has 1 nitrogen and oxygen atoms in total. The molecule has 1 aromatic rings. The minimum absolute atomic E-state index is 0.000462. The van der Waals surface area contributed by atoms with Crippen LogP contribution >= 0.6 is 23.2 Å². The van der Waals surface area contributed by atoms with Gasteiger partial charge in [0.15, 0.2) is 5.78 Å². The average Bonchev–Trinajstić information content (AvgIpc) is 2.62. The number of carbonyl (C=O) groups excluding carboxylic acids is 1. The van der Waals surface area contributed by atoms with E-state index in [4.69, 9.17) is 23.2 Å². The molecule has 0 spiro atoms. The van der Waals surface area contributed by atoms with E-state index in [2.05, 4.69) is 0 Å². The Balaban J connectivity index is 2.31. The van der Waals surface area contributed by atoms with Crippen molar-refractivity contribution in [2.75, 3.05) is 0 Å². The molecular formula is C12H10Cl2O. The van der Waals surface area contributed by atoms with Gasteiger partial charge in [-0.15, -0.1) is 0 Å². The summed E-state index contributed by atoms with van der Waals surface area (Å²) in [5, 5.41) is 0. The molecule has 0 radical (unpaired) electrons. The second-order valence-electron chi connectivity index (χ2n) is 3.64. The second kappa shape index (κ2) is 4.38. The maximum atomic E-state index is 11.6. The van der Waals surface area contributed by atoms with Crippen LogP contribution in [-0.4, -0.2) is 5.78 Å². The van der Waals surface area contributed by atoms with Crippen molar-refractivity contribution in [2.45, 2.75) is 19.3 Å². The number of carbonyl (C=O) groups is 1. The quantitative estimate of drug-likeness (QED) is 0.570. The molecule has 0 saturated heterocycles. The first-order valence-electron chi connectivity index (χ1n) is 4.85. The van der Waals surface area contributed by atoms with Crippen LogP contribution < -0.4 is 0 Å². The van der Waals surface area contributed by atoms with Crippen LogP contribution in [0.25, 0.3) is 0 Å². The third kappa shape index (κ3) is 2.42. The predicted molar refractivity (Wildman–Crippen MR) is 62.6 cm³/mol. The number of hydrogen-bond acceptors (Lipinski definition) is 1. The van der Waals surface area contributed by atoms with Crippen molar-refractivity contribution in [3.63, 3.8) is 0 Å². The Morgan fingerprint density at radius 1 is 1.20 bits per heavy atom. The van der Waals surface area contributed by atoms with E-state index in [1.165, 1.54) is 23.6 Å². The van der Waals surface area contributed by atoms with Crippen LogP contribution in [0.3, 0.4) is 0 Å². The van der Waals surface area contributed by atoms with Gasteiger partial charge in [0, 0.05) is 11.6 Å². The lowest BCUT2D eigenvalue weighted by Gasteiger charge is -2.01. The molecule has 0 heterocycles. The van der Waals surface area contributed by atoms with Gasteiger partial charge in [-0.3, -0.25) is 4.79 Å². The van der Waals surface area contributed by atoms with Gasteiger partial charge in [-0.25, -0.2) is 0 Å². The van der Waals surface area contributed by atoms with E-state index in [-0.39, 0.29) is 10.3 Å². The van der Waals surface area contributed by atoms with Crippen molar-refractivity contribution >= 4 is 29.0 Å². The average molecular weight is 241 g/mol. The lowest BCUT2D eigenvalue weighted by atomic mass is 10.0. The number of benzene rings is 1. The number of rotatable bonds is 2. The summed E-state index contributed by atoms with van der Waals surface area (Å²) in [6.07, 6.45) is 4.60. The molecule has 0 unspecified atom stereocenters. The summed E-state index contributed by atoms with van der Waals surface area (Å²) < 4.78 is 0.000462. The first-order chi connectivity index (χ1) is 7.16. The molecule has 0 aliphatic heterocycles. The first kappa shape index (κ1) is 10.7. The number of halogens is 2. The summed E-state index contributed by atoms with van der Waals surface area (Å²) >= 11 is 10.9. The molecule has 1 aromatic carbocycles. The van der Waals surface area contributed by atoms with E-state index >= 15 is 0 Å². The standard InChI is InChI=1S/C12H10Cl2O/c13-12(14)7-11(15)10-5-4-8-2-1-3-9(8)6-10/h4-7H,1-3H2. The zero-order valence-electron chi connectivity index (χ0n) is 8.09. The highest BCUT2D eigenvalue weighted by Gasteiger charge is 2.12. The third-order valence-electron chi connectivity index (χ3n) is 2.62. The van der Waals surface area contributed by atoms with Crippen molar-refractivity contribution in [1.29, 1.82) is 0 Å². The SMILES string of the molecule is O=C(C=C(Cl)Cl)c1ccc2c(c1)CCC2. The molecule has 0 N–H and O–H groups in total. The molecule has 1 aliphatic rings. The number of allylic oxidation sites excluding steroid dienone is 1. The monoisotopic (exact) mass is 240 g/mol. The summed E-state index contributed by atoms with van der Waals surface area (Å²) in [5.74, 6) is -0.135. The largest absolute Gasteiger partial charge is 0.289 e. The van der Waals surface area contributed by atoms with E-state index in [1.54, 1.807) is 0 Å². The molecular weight excluding hydrogens is 231 g/mol. The number of aryl methyl sites for hydroxylation is 2. The van der Waals surface area contributed by atoms with Gasteiger partial charge in [-0.2, -0.15) is 0 Å². The fourth-order valence-corrected chi connectivity index (χ4v) is 2.11. The Bertz CT molecular complexity index is 431. The summed E-state index contributed by atoms with van der Waals surface area (Å²) in [4.78, 5) is 11.6. The third-order valence-corrected chi connectivity index (χ3v) is 2.84. The molecule has 1 aliphatic carbocycles. The van der Waals surface area contributed by atoms with Crippen molar-refractivity contribution in [3.8, 4) is 0 Å². The fraction of sp³-hybridized carbons (Fsp3) is 0.250. The van der Waals surface area contributed by atoms with E-state index in [9.17, 15) is 4.79 Å². The van der Waals surface area contributed by atoms with Gasteiger partial charge in [0.1, 0.15) is 4.49 Å². The Morgan fingerprint density at radius 3 is 2.67 bits per heavy atom. The molecule has 0 fully saturated rings. The topological polar surface area (TPSA) is 17.1 Å². The van der Waals surface area contributed by atoms with Gasteiger partial charge >= 0.3 is 0 Å². The molecule has 0 amide bonds. The normalized spacial score (nSPS) is 13.5. The Hall–Kier alpha value is -0.790. The highest BCUT2D eigenvalue weighted by molar-refractivity contribution is 6.57. The molecule has 0 bridgehead atoms. The molecule has 0 aromatic heterocycles. The lowest BCUT2D eigenvalue weighted by molar-refractivity contribution is 0.104. The summed E-state index contributed by atoms with van der Waals surface area (Å²) in [5.41, 5.74) is 3.29. The Morgan fingerprint density at radius 2 is 1.93 bits per heavy atom. The lowest BCUT2D eigenvalue weighted by Crippen LogP contribution is -1.96. The summed E-state index contributed by atoms with van der Waals surface area (Å²) in [6.45, 7) is 0. The minimum atomic E-state index is -0.135. The highest BCUT2D eigenvalue weighted by atomic mass is 35.5. The Labute approximate surface area is 98.7 Å². The zero-order valence-corrected chi connectivity index (χ0v) is 9.61. The maximum absolute atomic E-state index is 11.6. The molecule has 2 rings (SSSR count). The predicted octanol–water partition coefficient (Wildman–Crippen LogP) is 3.68. The highest BCUT2D eigenvalue weighted by Crippen LogP contribution is 2.23. The maximum Gasteiger partial charge on any atom is 0.188 e. The fourth-order valence-electron chi connectivity index (χ4n) is 1.91.